The van der Waals surface area contributed by atoms with E-state index in [0.717, 1.165) is 25.7 Å². The van der Waals surface area contributed by atoms with Gasteiger partial charge in [0, 0.05) is 24.8 Å². The molecule has 25 heavy (non-hydrogen) atoms. The van der Waals surface area contributed by atoms with Crippen molar-refractivity contribution in [1.82, 2.24) is 10.6 Å². The highest BCUT2D eigenvalue weighted by molar-refractivity contribution is 5.98. The van der Waals surface area contributed by atoms with Crippen LogP contribution in [0.25, 0.3) is 0 Å². The standard InChI is InChI=1S/C18H26N4O3/c1-3-19-18(25)22-15-10-6-9-14(11-15)21-17(24)16(20-12(2)23)13-7-4-5-8-13/h6,9-11,13,16H,3-5,7-8H2,1-2H3,(H,20,23)(H,21,24)(H2,19,22,25)/t16-/m0/s1. The van der Waals surface area contributed by atoms with Crippen LogP contribution < -0.4 is 21.3 Å². The van der Waals surface area contributed by atoms with Crippen LogP contribution in [0, 0.1) is 5.92 Å². The molecule has 0 heterocycles. The summed E-state index contributed by atoms with van der Waals surface area (Å²) in [5.41, 5.74) is 1.16. The van der Waals surface area contributed by atoms with Crippen molar-refractivity contribution in [2.75, 3.05) is 17.2 Å². The molecule has 136 valence electrons. The van der Waals surface area contributed by atoms with Gasteiger partial charge in [-0.25, -0.2) is 4.79 Å². The van der Waals surface area contributed by atoms with Gasteiger partial charge in [0.1, 0.15) is 6.04 Å². The van der Waals surface area contributed by atoms with Crippen LogP contribution in [0.4, 0.5) is 16.2 Å². The maximum absolute atomic E-state index is 12.6. The zero-order chi connectivity index (χ0) is 18.2. The summed E-state index contributed by atoms with van der Waals surface area (Å²) >= 11 is 0. The molecule has 1 fully saturated rings. The lowest BCUT2D eigenvalue weighted by molar-refractivity contribution is -0.126. The predicted molar refractivity (Wildman–Crippen MR) is 97.3 cm³/mol. The van der Waals surface area contributed by atoms with Gasteiger partial charge >= 0.3 is 6.03 Å². The highest BCUT2D eigenvalue weighted by Crippen LogP contribution is 2.28. The van der Waals surface area contributed by atoms with E-state index in [1.807, 2.05) is 6.92 Å². The Morgan fingerprint density at radius 1 is 1.12 bits per heavy atom. The average molecular weight is 346 g/mol. The van der Waals surface area contributed by atoms with Gasteiger partial charge in [-0.1, -0.05) is 18.9 Å². The van der Waals surface area contributed by atoms with E-state index in [1.54, 1.807) is 24.3 Å². The molecule has 4 N–H and O–H groups in total. The van der Waals surface area contributed by atoms with Crippen molar-refractivity contribution in [2.45, 2.75) is 45.6 Å². The van der Waals surface area contributed by atoms with Crippen LogP contribution in [0.1, 0.15) is 39.5 Å². The number of benzene rings is 1. The Morgan fingerprint density at radius 3 is 2.36 bits per heavy atom. The molecular weight excluding hydrogens is 320 g/mol. The molecule has 0 bridgehead atoms. The summed E-state index contributed by atoms with van der Waals surface area (Å²) in [5, 5.41) is 11.0. The van der Waals surface area contributed by atoms with Gasteiger partial charge < -0.3 is 21.3 Å². The minimum absolute atomic E-state index is 0.167. The first-order valence-electron chi connectivity index (χ1n) is 8.72. The maximum Gasteiger partial charge on any atom is 0.319 e. The van der Waals surface area contributed by atoms with Crippen molar-refractivity contribution >= 4 is 29.2 Å². The van der Waals surface area contributed by atoms with E-state index in [9.17, 15) is 14.4 Å². The summed E-state index contributed by atoms with van der Waals surface area (Å²) in [6, 6.07) is 6.10. The summed E-state index contributed by atoms with van der Waals surface area (Å²) in [7, 11) is 0. The summed E-state index contributed by atoms with van der Waals surface area (Å²) < 4.78 is 0. The minimum atomic E-state index is -0.528. The maximum atomic E-state index is 12.6. The Hall–Kier alpha value is -2.57. The highest BCUT2D eigenvalue weighted by Gasteiger charge is 2.31. The van der Waals surface area contributed by atoms with Gasteiger partial charge in [-0.05, 0) is 43.9 Å². The van der Waals surface area contributed by atoms with Crippen LogP contribution in [-0.4, -0.2) is 30.4 Å². The van der Waals surface area contributed by atoms with Crippen molar-refractivity contribution in [3.05, 3.63) is 24.3 Å². The largest absolute Gasteiger partial charge is 0.344 e. The molecule has 0 spiro atoms. The number of urea groups is 1. The van der Waals surface area contributed by atoms with Crippen LogP contribution in [0.15, 0.2) is 24.3 Å². The first kappa shape index (κ1) is 18.8. The van der Waals surface area contributed by atoms with Crippen LogP contribution >= 0.6 is 0 Å². The third-order valence-corrected chi connectivity index (χ3v) is 4.24. The molecule has 0 aliphatic heterocycles. The molecule has 0 unspecified atom stereocenters. The van der Waals surface area contributed by atoms with Gasteiger partial charge in [-0.3, -0.25) is 9.59 Å². The van der Waals surface area contributed by atoms with Gasteiger partial charge in [0.05, 0.1) is 0 Å². The number of hydrogen-bond acceptors (Lipinski definition) is 3. The first-order chi connectivity index (χ1) is 12.0. The number of carbonyl (C=O) groups is 3. The zero-order valence-corrected chi connectivity index (χ0v) is 14.7. The summed E-state index contributed by atoms with van der Waals surface area (Å²) in [5.74, 6) is -0.267. The van der Waals surface area contributed by atoms with E-state index in [0.29, 0.717) is 17.9 Å². The van der Waals surface area contributed by atoms with Crippen molar-refractivity contribution < 1.29 is 14.4 Å². The Kier molecular flexibility index (Phi) is 6.80. The Labute approximate surface area is 147 Å². The molecular formula is C18H26N4O3. The van der Waals surface area contributed by atoms with Crippen LogP contribution in [-0.2, 0) is 9.59 Å². The van der Waals surface area contributed by atoms with Crippen LogP contribution in [0.2, 0.25) is 0 Å². The monoisotopic (exact) mass is 346 g/mol. The number of anilines is 2. The van der Waals surface area contributed by atoms with E-state index in [-0.39, 0.29) is 23.8 Å². The van der Waals surface area contributed by atoms with Crippen LogP contribution in [0.5, 0.6) is 0 Å². The summed E-state index contributed by atoms with van der Waals surface area (Å²) in [6.07, 6.45) is 4.05. The first-order valence-corrected chi connectivity index (χ1v) is 8.72. The molecule has 4 amide bonds. The molecule has 1 aliphatic carbocycles. The zero-order valence-electron chi connectivity index (χ0n) is 14.7. The Morgan fingerprint density at radius 2 is 1.76 bits per heavy atom. The molecule has 1 aromatic rings. The normalized spacial score (nSPS) is 15.3. The van der Waals surface area contributed by atoms with Crippen molar-refractivity contribution in [1.29, 1.82) is 0 Å². The highest BCUT2D eigenvalue weighted by atomic mass is 16.2. The fourth-order valence-corrected chi connectivity index (χ4v) is 3.14. The summed E-state index contributed by atoms with van der Waals surface area (Å²) in [4.78, 5) is 35.7. The fraction of sp³-hybridized carbons (Fsp3) is 0.500. The lowest BCUT2D eigenvalue weighted by atomic mass is 9.97. The molecule has 7 nitrogen and oxygen atoms in total. The third kappa shape index (κ3) is 5.77. The van der Waals surface area contributed by atoms with E-state index >= 15 is 0 Å². The van der Waals surface area contributed by atoms with Gasteiger partial charge in [-0.2, -0.15) is 0 Å². The molecule has 7 heteroatoms. The van der Waals surface area contributed by atoms with E-state index < -0.39 is 6.04 Å². The summed E-state index contributed by atoms with van der Waals surface area (Å²) in [6.45, 7) is 3.79. The molecule has 1 aliphatic rings. The second-order valence-corrected chi connectivity index (χ2v) is 6.28. The molecule has 1 aromatic carbocycles. The van der Waals surface area contributed by atoms with Crippen molar-refractivity contribution in [2.24, 2.45) is 5.92 Å². The average Bonchev–Trinajstić information content (AvgIpc) is 3.07. The SMILES string of the molecule is CCNC(=O)Nc1cccc(NC(=O)[C@@H](NC(C)=O)C2CCCC2)c1. The molecule has 0 radical (unpaired) electrons. The molecule has 1 atom stereocenters. The second-order valence-electron chi connectivity index (χ2n) is 6.28. The van der Waals surface area contributed by atoms with E-state index in [1.165, 1.54) is 6.92 Å². The van der Waals surface area contributed by atoms with Crippen molar-refractivity contribution in [3.8, 4) is 0 Å². The number of amides is 4. The van der Waals surface area contributed by atoms with Gasteiger partial charge in [-0.15, -0.1) is 0 Å². The topological polar surface area (TPSA) is 99.3 Å². The number of carbonyl (C=O) groups excluding carboxylic acids is 3. The van der Waals surface area contributed by atoms with Gasteiger partial charge in [0.25, 0.3) is 0 Å². The lowest BCUT2D eigenvalue weighted by Crippen LogP contribution is -2.47. The van der Waals surface area contributed by atoms with E-state index in [2.05, 4.69) is 21.3 Å². The molecule has 2 rings (SSSR count). The number of nitrogens with one attached hydrogen (secondary N) is 4. The Balaban J connectivity index is 2.04. The van der Waals surface area contributed by atoms with Gasteiger partial charge in [0.2, 0.25) is 11.8 Å². The molecule has 0 saturated heterocycles. The van der Waals surface area contributed by atoms with Crippen molar-refractivity contribution in [3.63, 3.8) is 0 Å². The third-order valence-electron chi connectivity index (χ3n) is 4.24. The van der Waals surface area contributed by atoms with Crippen LogP contribution in [0.3, 0.4) is 0 Å². The molecule has 0 aromatic heterocycles. The smallest absolute Gasteiger partial charge is 0.319 e. The number of hydrogen-bond donors (Lipinski definition) is 4. The minimum Gasteiger partial charge on any atom is -0.344 e. The van der Waals surface area contributed by atoms with E-state index in [4.69, 9.17) is 0 Å². The quantitative estimate of drug-likeness (QED) is 0.637. The number of rotatable bonds is 6. The second kappa shape index (κ2) is 9.05. The Bertz CT molecular complexity index is 627. The lowest BCUT2D eigenvalue weighted by Gasteiger charge is -2.23. The molecule has 1 saturated carbocycles. The fourth-order valence-electron chi connectivity index (χ4n) is 3.14. The van der Waals surface area contributed by atoms with Gasteiger partial charge in [0.15, 0.2) is 0 Å². The predicted octanol–water partition coefficient (Wildman–Crippen LogP) is 2.46.